The number of sulfonamides is 1. The summed E-state index contributed by atoms with van der Waals surface area (Å²) in [5.74, 6) is -1.05. The molecule has 0 aliphatic carbocycles. The Morgan fingerprint density at radius 3 is 2.57 bits per heavy atom. The van der Waals surface area contributed by atoms with E-state index in [0.29, 0.717) is 25.1 Å². The number of ether oxygens (including phenoxy) is 1. The lowest BCUT2D eigenvalue weighted by atomic mass is 10.1. The largest absolute Gasteiger partial charge is 0.379 e. The number of hydrogen-bond donors (Lipinski definition) is 2. The third-order valence-corrected chi connectivity index (χ3v) is 5.30. The van der Waals surface area contributed by atoms with Crippen LogP contribution in [0, 0.1) is 12.7 Å². The van der Waals surface area contributed by atoms with Crippen molar-refractivity contribution in [3.8, 4) is 0 Å². The quantitative estimate of drug-likeness (QED) is 0.622. The zero-order valence-corrected chi connectivity index (χ0v) is 17.0. The normalized spacial score (nSPS) is 11.5. The predicted molar refractivity (Wildman–Crippen MR) is 106 cm³/mol. The van der Waals surface area contributed by atoms with Crippen molar-refractivity contribution < 1.29 is 22.3 Å². The van der Waals surface area contributed by atoms with Gasteiger partial charge in [0.1, 0.15) is 5.82 Å². The maximum atomic E-state index is 13.8. The van der Waals surface area contributed by atoms with Gasteiger partial charge in [0.05, 0.1) is 16.7 Å². The van der Waals surface area contributed by atoms with E-state index in [-0.39, 0.29) is 28.2 Å². The Morgan fingerprint density at radius 2 is 1.89 bits per heavy atom. The second-order valence-corrected chi connectivity index (χ2v) is 8.27. The molecule has 2 aromatic rings. The zero-order valence-electron chi connectivity index (χ0n) is 16.2. The number of nitrogens with one attached hydrogen (secondary N) is 2. The number of benzene rings is 2. The predicted octanol–water partition coefficient (Wildman–Crippen LogP) is 3.48. The molecule has 0 atom stereocenters. The lowest BCUT2D eigenvalue weighted by Crippen LogP contribution is -2.26. The molecule has 1 amide bonds. The number of para-hydroxylation sites is 1. The second kappa shape index (κ2) is 9.66. The van der Waals surface area contributed by atoms with Crippen molar-refractivity contribution in [2.24, 2.45) is 0 Å². The van der Waals surface area contributed by atoms with Crippen LogP contribution in [0.25, 0.3) is 0 Å². The minimum atomic E-state index is -4.04. The molecule has 2 rings (SSSR count). The average Bonchev–Trinajstić information content (AvgIpc) is 2.63. The fourth-order valence-corrected chi connectivity index (χ4v) is 3.54. The molecule has 0 bridgehead atoms. The van der Waals surface area contributed by atoms with Gasteiger partial charge in [0, 0.05) is 18.7 Å². The highest BCUT2D eigenvalue weighted by atomic mass is 32.2. The Labute approximate surface area is 165 Å². The molecule has 6 nitrogen and oxygen atoms in total. The van der Waals surface area contributed by atoms with Gasteiger partial charge >= 0.3 is 0 Å². The number of carbonyl (C=O) groups is 1. The van der Waals surface area contributed by atoms with Crippen molar-refractivity contribution in [2.75, 3.05) is 17.9 Å². The summed E-state index contributed by atoms with van der Waals surface area (Å²) in [5, 5.41) is 2.76. The first-order valence-corrected chi connectivity index (χ1v) is 10.5. The number of anilines is 1. The van der Waals surface area contributed by atoms with Crippen molar-refractivity contribution in [1.82, 2.24) is 5.32 Å². The van der Waals surface area contributed by atoms with Crippen LogP contribution in [0.15, 0.2) is 47.4 Å². The first-order chi connectivity index (χ1) is 13.2. The van der Waals surface area contributed by atoms with E-state index in [1.807, 2.05) is 13.8 Å². The molecular weight excluding hydrogens is 383 g/mol. The summed E-state index contributed by atoms with van der Waals surface area (Å²) >= 11 is 0. The fourth-order valence-electron chi connectivity index (χ4n) is 2.45. The van der Waals surface area contributed by atoms with Gasteiger partial charge < -0.3 is 10.1 Å². The number of aryl methyl sites for hydroxylation is 1. The molecule has 0 unspecified atom stereocenters. The fraction of sp³-hybridized carbons (Fsp3) is 0.350. The maximum absolute atomic E-state index is 13.8. The van der Waals surface area contributed by atoms with Crippen molar-refractivity contribution in [3.63, 3.8) is 0 Å². The van der Waals surface area contributed by atoms with Gasteiger partial charge in [0.15, 0.2) is 0 Å². The summed E-state index contributed by atoms with van der Waals surface area (Å²) in [5.41, 5.74) is 0.737. The van der Waals surface area contributed by atoms with Gasteiger partial charge in [-0.3, -0.25) is 9.52 Å². The van der Waals surface area contributed by atoms with Gasteiger partial charge in [0.25, 0.3) is 15.9 Å². The van der Waals surface area contributed by atoms with Crippen LogP contribution in [0.1, 0.15) is 36.2 Å². The number of halogens is 1. The first kappa shape index (κ1) is 21.8. The third kappa shape index (κ3) is 6.03. The number of carbonyl (C=O) groups excluding carboxylic acids is 1. The summed E-state index contributed by atoms with van der Waals surface area (Å²) in [7, 11) is -4.04. The molecule has 8 heteroatoms. The molecule has 0 spiro atoms. The average molecular weight is 408 g/mol. The lowest BCUT2D eigenvalue weighted by molar-refractivity contribution is 0.0757. The van der Waals surface area contributed by atoms with Crippen LogP contribution in [-0.4, -0.2) is 33.6 Å². The van der Waals surface area contributed by atoms with Gasteiger partial charge in [-0.05, 0) is 57.0 Å². The number of rotatable bonds is 9. The monoisotopic (exact) mass is 408 g/mol. The van der Waals surface area contributed by atoms with Crippen LogP contribution in [0.3, 0.4) is 0 Å². The molecule has 0 aromatic heterocycles. The highest BCUT2D eigenvalue weighted by Crippen LogP contribution is 2.21. The molecule has 0 saturated heterocycles. The SMILES string of the molecule is Cc1ccc(S(=O)(=O)Nc2ccccc2F)cc1C(=O)NCCCOC(C)C. The Bertz CT molecular complexity index is 930. The molecule has 0 heterocycles. The standard InChI is InChI=1S/C20H25FN2O4S/c1-14(2)27-12-6-11-22-20(24)17-13-16(10-9-15(17)3)28(25,26)23-19-8-5-4-7-18(19)21/h4-5,7-10,13-14,23H,6,11-12H2,1-3H3,(H,22,24). The van der Waals surface area contributed by atoms with E-state index < -0.39 is 15.8 Å². The maximum Gasteiger partial charge on any atom is 0.262 e. The molecule has 0 radical (unpaired) electrons. The number of hydrogen-bond acceptors (Lipinski definition) is 4. The molecule has 28 heavy (non-hydrogen) atoms. The van der Waals surface area contributed by atoms with Crippen molar-refractivity contribution in [3.05, 3.63) is 59.4 Å². The van der Waals surface area contributed by atoms with E-state index >= 15 is 0 Å². The van der Waals surface area contributed by atoms with Crippen molar-refractivity contribution in [1.29, 1.82) is 0 Å². The Morgan fingerprint density at radius 1 is 1.18 bits per heavy atom. The van der Waals surface area contributed by atoms with E-state index in [1.54, 1.807) is 13.0 Å². The first-order valence-electron chi connectivity index (χ1n) is 8.98. The van der Waals surface area contributed by atoms with Crippen LogP contribution >= 0.6 is 0 Å². The summed E-state index contributed by atoms with van der Waals surface area (Å²) in [6.45, 7) is 6.53. The van der Waals surface area contributed by atoms with E-state index in [4.69, 9.17) is 4.74 Å². The zero-order chi connectivity index (χ0) is 20.7. The van der Waals surface area contributed by atoms with Crippen LogP contribution in [0.4, 0.5) is 10.1 Å². The van der Waals surface area contributed by atoms with Gasteiger partial charge in [0.2, 0.25) is 0 Å². The van der Waals surface area contributed by atoms with Gasteiger partial charge in [-0.15, -0.1) is 0 Å². The van der Waals surface area contributed by atoms with Gasteiger partial charge in [-0.2, -0.15) is 0 Å². The van der Waals surface area contributed by atoms with Crippen molar-refractivity contribution >= 4 is 21.6 Å². The highest BCUT2D eigenvalue weighted by molar-refractivity contribution is 7.92. The summed E-state index contributed by atoms with van der Waals surface area (Å²) in [6.07, 6.45) is 0.775. The van der Waals surface area contributed by atoms with E-state index in [1.165, 1.54) is 30.3 Å². The molecule has 2 aromatic carbocycles. The summed E-state index contributed by atoms with van der Waals surface area (Å²) < 4.78 is 46.5. The Balaban J connectivity index is 2.11. The van der Waals surface area contributed by atoms with E-state index in [2.05, 4.69) is 10.0 Å². The van der Waals surface area contributed by atoms with Crippen LogP contribution < -0.4 is 10.0 Å². The van der Waals surface area contributed by atoms with Gasteiger partial charge in [-0.25, -0.2) is 12.8 Å². The van der Waals surface area contributed by atoms with E-state index in [0.717, 1.165) is 6.07 Å². The number of amides is 1. The molecule has 0 aliphatic heterocycles. The minimum absolute atomic E-state index is 0.116. The molecular formula is C20H25FN2O4S. The molecule has 152 valence electrons. The molecule has 0 fully saturated rings. The van der Waals surface area contributed by atoms with Gasteiger partial charge in [-0.1, -0.05) is 18.2 Å². The van der Waals surface area contributed by atoms with Crippen LogP contribution in [0.5, 0.6) is 0 Å². The van der Waals surface area contributed by atoms with Crippen LogP contribution in [0.2, 0.25) is 0 Å². The smallest absolute Gasteiger partial charge is 0.262 e. The van der Waals surface area contributed by atoms with E-state index in [9.17, 15) is 17.6 Å². The Hall–Kier alpha value is -2.45. The third-order valence-electron chi connectivity index (χ3n) is 3.94. The topological polar surface area (TPSA) is 84.5 Å². The van der Waals surface area contributed by atoms with Crippen molar-refractivity contribution in [2.45, 2.75) is 38.2 Å². The second-order valence-electron chi connectivity index (χ2n) is 6.59. The highest BCUT2D eigenvalue weighted by Gasteiger charge is 2.19. The minimum Gasteiger partial charge on any atom is -0.379 e. The lowest BCUT2D eigenvalue weighted by Gasteiger charge is -2.12. The molecule has 2 N–H and O–H groups in total. The molecule has 0 saturated carbocycles. The summed E-state index contributed by atoms with van der Waals surface area (Å²) in [6, 6.07) is 9.70. The Kier molecular flexibility index (Phi) is 7.53. The molecule has 0 aliphatic rings. The summed E-state index contributed by atoms with van der Waals surface area (Å²) in [4.78, 5) is 12.3. The van der Waals surface area contributed by atoms with Crippen LogP contribution in [-0.2, 0) is 14.8 Å².